The van der Waals surface area contributed by atoms with Crippen LogP contribution in [0.3, 0.4) is 0 Å². The molecule has 1 saturated heterocycles. The molecule has 21 heavy (non-hydrogen) atoms. The zero-order chi connectivity index (χ0) is 15.3. The van der Waals surface area contributed by atoms with Gasteiger partial charge in [0, 0.05) is 23.9 Å². The number of aromatic nitrogens is 1. The maximum atomic E-state index is 10.3. The molecule has 0 spiro atoms. The number of thiazole rings is 1. The SMILES string of the molecule is CC1(C)CC(Oc2nc3ccccc3s2)CC(C)(C)N1O. The molecule has 2 heterocycles. The van der Waals surface area contributed by atoms with E-state index in [-0.39, 0.29) is 17.2 Å². The van der Waals surface area contributed by atoms with Crippen molar-refractivity contribution in [2.24, 2.45) is 0 Å². The zero-order valence-electron chi connectivity index (χ0n) is 13.0. The van der Waals surface area contributed by atoms with E-state index in [1.54, 1.807) is 11.3 Å². The smallest absolute Gasteiger partial charge is 0.274 e. The molecule has 1 aliphatic rings. The topological polar surface area (TPSA) is 45.6 Å². The van der Waals surface area contributed by atoms with Crippen LogP contribution < -0.4 is 4.74 Å². The Labute approximate surface area is 129 Å². The lowest BCUT2D eigenvalue weighted by Gasteiger charge is -2.50. The van der Waals surface area contributed by atoms with Gasteiger partial charge < -0.3 is 9.94 Å². The van der Waals surface area contributed by atoms with Crippen molar-refractivity contribution in [2.75, 3.05) is 0 Å². The molecule has 0 radical (unpaired) electrons. The van der Waals surface area contributed by atoms with Gasteiger partial charge >= 0.3 is 0 Å². The molecule has 0 aliphatic carbocycles. The van der Waals surface area contributed by atoms with Gasteiger partial charge in [0.1, 0.15) is 6.10 Å². The summed E-state index contributed by atoms with van der Waals surface area (Å²) in [5, 5.41) is 12.5. The van der Waals surface area contributed by atoms with Crippen molar-refractivity contribution in [3.8, 4) is 5.19 Å². The molecule has 114 valence electrons. The van der Waals surface area contributed by atoms with Crippen molar-refractivity contribution < 1.29 is 9.94 Å². The van der Waals surface area contributed by atoms with E-state index in [2.05, 4.69) is 11.1 Å². The molecule has 1 aliphatic heterocycles. The first-order valence-corrected chi connectivity index (χ1v) is 8.11. The van der Waals surface area contributed by atoms with Crippen molar-refractivity contribution >= 4 is 21.6 Å². The quantitative estimate of drug-likeness (QED) is 0.908. The van der Waals surface area contributed by atoms with Gasteiger partial charge in [-0.1, -0.05) is 23.5 Å². The summed E-state index contributed by atoms with van der Waals surface area (Å²) >= 11 is 1.58. The van der Waals surface area contributed by atoms with E-state index in [1.807, 2.05) is 45.9 Å². The second-order valence-corrected chi connectivity index (χ2v) is 8.03. The van der Waals surface area contributed by atoms with Crippen LogP contribution in [0.4, 0.5) is 0 Å². The van der Waals surface area contributed by atoms with Gasteiger partial charge in [-0.25, -0.2) is 4.98 Å². The van der Waals surface area contributed by atoms with Crippen LogP contribution in [0, 0.1) is 0 Å². The monoisotopic (exact) mass is 306 g/mol. The van der Waals surface area contributed by atoms with E-state index in [4.69, 9.17) is 4.74 Å². The third-order valence-electron chi connectivity index (χ3n) is 4.14. The highest BCUT2D eigenvalue weighted by molar-refractivity contribution is 7.20. The van der Waals surface area contributed by atoms with Crippen LogP contribution in [-0.2, 0) is 0 Å². The molecule has 1 N–H and O–H groups in total. The standard InChI is InChI=1S/C16H22N2O2S/c1-15(2)9-11(10-16(3,4)18(15)19)20-14-17-12-7-5-6-8-13(12)21-14/h5-8,11,19H,9-10H2,1-4H3. The fraction of sp³-hybridized carbons (Fsp3) is 0.562. The van der Waals surface area contributed by atoms with E-state index >= 15 is 0 Å². The van der Waals surface area contributed by atoms with Crippen LogP contribution in [0.15, 0.2) is 24.3 Å². The lowest BCUT2D eigenvalue weighted by atomic mass is 9.80. The summed E-state index contributed by atoms with van der Waals surface area (Å²) in [5.41, 5.74) is 0.377. The molecule has 4 nitrogen and oxygen atoms in total. The third-order valence-corrected chi connectivity index (χ3v) is 5.07. The number of nitrogens with zero attached hydrogens (tertiary/aromatic N) is 2. The summed E-state index contributed by atoms with van der Waals surface area (Å²) < 4.78 is 7.27. The van der Waals surface area contributed by atoms with Gasteiger partial charge in [0.15, 0.2) is 0 Å². The number of fused-ring (bicyclic) bond motifs is 1. The van der Waals surface area contributed by atoms with E-state index in [0.717, 1.165) is 28.3 Å². The summed E-state index contributed by atoms with van der Waals surface area (Å²) in [5.74, 6) is 0. The minimum absolute atomic E-state index is 0.0685. The highest BCUT2D eigenvalue weighted by Crippen LogP contribution is 2.39. The van der Waals surface area contributed by atoms with Crippen molar-refractivity contribution in [1.29, 1.82) is 0 Å². The summed E-state index contributed by atoms with van der Waals surface area (Å²) in [6, 6.07) is 8.07. The maximum Gasteiger partial charge on any atom is 0.274 e. The van der Waals surface area contributed by atoms with Crippen LogP contribution >= 0.6 is 11.3 Å². The number of ether oxygens (including phenoxy) is 1. The second kappa shape index (κ2) is 4.93. The number of hydroxylamine groups is 2. The van der Waals surface area contributed by atoms with E-state index in [0.29, 0.717) is 0 Å². The molecule has 3 rings (SSSR count). The van der Waals surface area contributed by atoms with Crippen LogP contribution in [0.5, 0.6) is 5.19 Å². The van der Waals surface area contributed by atoms with Crippen molar-refractivity contribution in [3.05, 3.63) is 24.3 Å². The van der Waals surface area contributed by atoms with Gasteiger partial charge in [0.2, 0.25) is 0 Å². The van der Waals surface area contributed by atoms with Crippen LogP contribution in [-0.4, -0.2) is 32.4 Å². The Balaban J connectivity index is 1.81. The Morgan fingerprint density at radius 3 is 2.43 bits per heavy atom. The second-order valence-electron chi connectivity index (χ2n) is 7.03. The Bertz CT molecular complexity index is 600. The first kappa shape index (κ1) is 14.8. The molecule has 0 atom stereocenters. The van der Waals surface area contributed by atoms with Crippen LogP contribution in [0.2, 0.25) is 0 Å². The zero-order valence-corrected chi connectivity index (χ0v) is 13.8. The van der Waals surface area contributed by atoms with Crippen molar-refractivity contribution in [3.63, 3.8) is 0 Å². The normalized spacial score (nSPS) is 22.5. The Morgan fingerprint density at radius 2 is 1.81 bits per heavy atom. The first-order valence-electron chi connectivity index (χ1n) is 7.29. The van der Waals surface area contributed by atoms with Gasteiger partial charge in [0.25, 0.3) is 5.19 Å². The Morgan fingerprint density at radius 1 is 1.19 bits per heavy atom. The number of rotatable bonds is 2. The lowest BCUT2D eigenvalue weighted by molar-refractivity contribution is -0.254. The highest BCUT2D eigenvalue weighted by Gasteiger charge is 2.46. The number of hydrogen-bond donors (Lipinski definition) is 1. The van der Waals surface area contributed by atoms with Crippen molar-refractivity contribution in [2.45, 2.75) is 57.7 Å². The highest BCUT2D eigenvalue weighted by atomic mass is 32.1. The molecule has 0 unspecified atom stereocenters. The molecule has 0 bridgehead atoms. The molecular weight excluding hydrogens is 284 g/mol. The average Bonchev–Trinajstić information content (AvgIpc) is 2.77. The minimum atomic E-state index is -0.302. The third kappa shape index (κ3) is 2.78. The average molecular weight is 306 g/mol. The maximum absolute atomic E-state index is 10.3. The van der Waals surface area contributed by atoms with E-state index in [9.17, 15) is 5.21 Å². The number of piperidine rings is 1. The van der Waals surface area contributed by atoms with Gasteiger partial charge in [-0.2, -0.15) is 5.06 Å². The fourth-order valence-corrected chi connectivity index (χ4v) is 4.19. The molecular formula is C16H22N2O2S. The number of benzene rings is 1. The van der Waals surface area contributed by atoms with Gasteiger partial charge in [-0.15, -0.1) is 0 Å². The predicted octanol–water partition coefficient (Wildman–Crippen LogP) is 4.09. The van der Waals surface area contributed by atoms with Crippen LogP contribution in [0.1, 0.15) is 40.5 Å². The summed E-state index contributed by atoms with van der Waals surface area (Å²) in [4.78, 5) is 4.54. The van der Waals surface area contributed by atoms with Gasteiger partial charge in [-0.3, -0.25) is 0 Å². The Hall–Kier alpha value is -1.17. The molecule has 1 aromatic heterocycles. The number of para-hydroxylation sites is 1. The van der Waals surface area contributed by atoms with Crippen molar-refractivity contribution in [1.82, 2.24) is 10.0 Å². The molecule has 0 saturated carbocycles. The number of hydrogen-bond acceptors (Lipinski definition) is 5. The first-order chi connectivity index (χ1) is 9.78. The van der Waals surface area contributed by atoms with Gasteiger partial charge in [-0.05, 0) is 39.8 Å². The molecule has 0 amide bonds. The van der Waals surface area contributed by atoms with Crippen LogP contribution in [0.25, 0.3) is 10.2 Å². The largest absolute Gasteiger partial charge is 0.467 e. The minimum Gasteiger partial charge on any atom is -0.467 e. The lowest BCUT2D eigenvalue weighted by Crippen LogP contribution is -2.61. The van der Waals surface area contributed by atoms with Gasteiger partial charge in [0.05, 0.1) is 10.2 Å². The van der Waals surface area contributed by atoms with E-state index in [1.165, 1.54) is 5.06 Å². The molecule has 1 fully saturated rings. The summed E-state index contributed by atoms with van der Waals surface area (Å²) in [7, 11) is 0. The van der Waals surface area contributed by atoms with E-state index < -0.39 is 0 Å². The summed E-state index contributed by atoms with van der Waals surface area (Å²) in [6.45, 7) is 8.18. The fourth-order valence-electron chi connectivity index (χ4n) is 3.31. The molecule has 1 aromatic carbocycles. The predicted molar refractivity (Wildman–Crippen MR) is 85.1 cm³/mol. The molecule has 5 heteroatoms. The summed E-state index contributed by atoms with van der Waals surface area (Å²) in [6.07, 6.45) is 1.63. The Kier molecular flexibility index (Phi) is 3.47. The molecule has 2 aromatic rings.